The first-order valence-corrected chi connectivity index (χ1v) is 4.67. The molecule has 0 aliphatic heterocycles. The van der Waals surface area contributed by atoms with Gasteiger partial charge in [-0.2, -0.15) is 0 Å². The lowest BCUT2D eigenvalue weighted by atomic mass is 9.88. The van der Waals surface area contributed by atoms with Gasteiger partial charge in [0.1, 0.15) is 0 Å². The van der Waals surface area contributed by atoms with E-state index in [1.54, 1.807) is 0 Å². The highest BCUT2D eigenvalue weighted by Gasteiger charge is 2.18. The topological polar surface area (TPSA) is 96.7 Å². The summed E-state index contributed by atoms with van der Waals surface area (Å²) in [4.78, 5) is 4.07. The predicted octanol–water partition coefficient (Wildman–Crippen LogP) is -0.685. The molecule has 0 aromatic carbocycles. The molecule has 76 valence electrons. The number of aliphatic hydroxyl groups is 1. The van der Waals surface area contributed by atoms with Crippen molar-refractivity contribution in [3.63, 3.8) is 0 Å². The summed E-state index contributed by atoms with van der Waals surface area (Å²) in [5.41, 5.74) is 7.67. The van der Waals surface area contributed by atoms with Gasteiger partial charge in [0.25, 0.3) is 0 Å². The minimum Gasteiger partial charge on any atom is -0.393 e. The van der Waals surface area contributed by atoms with Crippen molar-refractivity contribution >= 4 is 5.96 Å². The molecule has 0 saturated heterocycles. The quantitative estimate of drug-likeness (QED) is 0.199. The number of aliphatic hydroxyl groups excluding tert-OH is 1. The van der Waals surface area contributed by atoms with Crippen LogP contribution in [0.4, 0.5) is 0 Å². The highest BCUT2D eigenvalue weighted by Crippen LogP contribution is 2.24. The van der Waals surface area contributed by atoms with Crippen LogP contribution in [0, 0.1) is 5.92 Å². The van der Waals surface area contributed by atoms with E-state index >= 15 is 0 Å². The van der Waals surface area contributed by atoms with E-state index in [1.807, 2.05) is 0 Å². The van der Waals surface area contributed by atoms with Crippen molar-refractivity contribution in [2.24, 2.45) is 22.5 Å². The molecule has 1 fully saturated rings. The number of hydrogen-bond donors (Lipinski definition) is 4. The van der Waals surface area contributed by atoms with Gasteiger partial charge in [0.05, 0.1) is 6.10 Å². The van der Waals surface area contributed by atoms with Crippen molar-refractivity contribution in [2.75, 3.05) is 6.54 Å². The normalized spacial score (nSPS) is 30.2. The smallest absolute Gasteiger partial charge is 0.203 e. The molecule has 0 aromatic rings. The minimum atomic E-state index is -0.106. The molecule has 0 heterocycles. The molecule has 1 aliphatic carbocycles. The summed E-state index contributed by atoms with van der Waals surface area (Å²) in [5, 5.41) is 9.26. The van der Waals surface area contributed by atoms with Gasteiger partial charge in [0, 0.05) is 6.54 Å². The zero-order valence-electron chi connectivity index (χ0n) is 7.74. The number of hydrazine groups is 1. The number of rotatable bonds is 2. The molecule has 0 radical (unpaired) electrons. The minimum absolute atomic E-state index is 0.106. The van der Waals surface area contributed by atoms with E-state index < -0.39 is 0 Å². The van der Waals surface area contributed by atoms with E-state index in [2.05, 4.69) is 10.4 Å². The fraction of sp³-hybridized carbons (Fsp3) is 0.875. The maximum Gasteiger partial charge on any atom is 0.203 e. The summed E-state index contributed by atoms with van der Waals surface area (Å²) in [6.07, 6.45) is 3.72. The summed E-state index contributed by atoms with van der Waals surface area (Å²) >= 11 is 0. The van der Waals surface area contributed by atoms with E-state index in [4.69, 9.17) is 11.6 Å². The van der Waals surface area contributed by atoms with Crippen LogP contribution in [0.15, 0.2) is 4.99 Å². The van der Waals surface area contributed by atoms with Gasteiger partial charge in [-0.1, -0.05) is 0 Å². The molecule has 1 aliphatic rings. The first-order chi connectivity index (χ1) is 6.22. The molecular formula is C8H18N4O. The summed E-state index contributed by atoms with van der Waals surface area (Å²) in [7, 11) is 0. The third kappa shape index (κ3) is 3.61. The number of aliphatic imine (C=N–C) groups is 1. The average Bonchev–Trinajstić information content (AvgIpc) is 2.16. The van der Waals surface area contributed by atoms with Crippen LogP contribution >= 0.6 is 0 Å². The van der Waals surface area contributed by atoms with Crippen LogP contribution in [0.3, 0.4) is 0 Å². The summed E-state index contributed by atoms with van der Waals surface area (Å²) in [5.74, 6) is 5.90. The average molecular weight is 186 g/mol. The summed E-state index contributed by atoms with van der Waals surface area (Å²) < 4.78 is 0. The lowest BCUT2D eigenvalue weighted by Crippen LogP contribution is -2.37. The second kappa shape index (κ2) is 5.04. The van der Waals surface area contributed by atoms with Gasteiger partial charge in [-0.3, -0.25) is 10.4 Å². The van der Waals surface area contributed by atoms with E-state index in [-0.39, 0.29) is 12.1 Å². The largest absolute Gasteiger partial charge is 0.393 e. The van der Waals surface area contributed by atoms with Gasteiger partial charge in [-0.25, -0.2) is 5.84 Å². The molecule has 5 nitrogen and oxygen atoms in total. The number of nitrogens with zero attached hydrogens (tertiary/aromatic N) is 1. The Bertz CT molecular complexity index is 175. The van der Waals surface area contributed by atoms with E-state index in [0.29, 0.717) is 12.5 Å². The monoisotopic (exact) mass is 186 g/mol. The number of nitrogens with two attached hydrogens (primary N) is 2. The van der Waals surface area contributed by atoms with Crippen LogP contribution in [-0.4, -0.2) is 23.7 Å². The van der Waals surface area contributed by atoms with Gasteiger partial charge in [0.2, 0.25) is 5.96 Å². The second-order valence-corrected chi connectivity index (χ2v) is 3.54. The Kier molecular flexibility index (Phi) is 3.98. The molecule has 0 aromatic heterocycles. The van der Waals surface area contributed by atoms with Crippen LogP contribution < -0.4 is 17.0 Å². The SMILES string of the molecule is NNC(N)=NCC1CCC(O)CC1. The zero-order chi connectivity index (χ0) is 9.68. The number of guanidine groups is 1. The summed E-state index contributed by atoms with van der Waals surface area (Å²) in [6.45, 7) is 0.711. The van der Waals surface area contributed by atoms with Crippen molar-refractivity contribution in [2.45, 2.75) is 31.8 Å². The first kappa shape index (κ1) is 10.3. The number of nitrogens with one attached hydrogen (secondary N) is 1. The molecule has 0 unspecified atom stereocenters. The van der Waals surface area contributed by atoms with Crippen LogP contribution in [0.5, 0.6) is 0 Å². The molecule has 1 rings (SSSR count). The van der Waals surface area contributed by atoms with E-state index in [0.717, 1.165) is 25.7 Å². The second-order valence-electron chi connectivity index (χ2n) is 3.54. The van der Waals surface area contributed by atoms with Crippen LogP contribution in [-0.2, 0) is 0 Å². The predicted molar refractivity (Wildman–Crippen MR) is 51.8 cm³/mol. The number of hydrogen-bond acceptors (Lipinski definition) is 3. The molecule has 0 amide bonds. The third-order valence-electron chi connectivity index (χ3n) is 2.48. The maximum absolute atomic E-state index is 9.26. The van der Waals surface area contributed by atoms with Gasteiger partial charge >= 0.3 is 0 Å². The van der Waals surface area contributed by atoms with Crippen molar-refractivity contribution in [3.05, 3.63) is 0 Å². The molecule has 0 spiro atoms. The van der Waals surface area contributed by atoms with Crippen molar-refractivity contribution in [3.8, 4) is 0 Å². The molecule has 5 heteroatoms. The molecule has 6 N–H and O–H groups in total. The summed E-state index contributed by atoms with van der Waals surface area (Å²) in [6, 6.07) is 0. The zero-order valence-corrected chi connectivity index (χ0v) is 7.74. The molecule has 0 atom stereocenters. The van der Waals surface area contributed by atoms with Gasteiger partial charge in [0.15, 0.2) is 0 Å². The maximum atomic E-state index is 9.26. The van der Waals surface area contributed by atoms with Gasteiger partial charge in [-0.05, 0) is 31.6 Å². The lowest BCUT2D eigenvalue weighted by molar-refractivity contribution is 0.110. The van der Waals surface area contributed by atoms with Gasteiger partial charge in [-0.15, -0.1) is 0 Å². The van der Waals surface area contributed by atoms with Crippen LogP contribution in [0.2, 0.25) is 0 Å². The Balaban J connectivity index is 2.23. The Morgan fingerprint density at radius 1 is 1.38 bits per heavy atom. The molecule has 0 bridgehead atoms. The standard InChI is InChI=1S/C8H18N4O/c9-8(12-10)11-5-6-1-3-7(13)4-2-6/h6-7,13H,1-5,10H2,(H3,9,11,12). The van der Waals surface area contributed by atoms with E-state index in [1.165, 1.54) is 0 Å². The molecule has 13 heavy (non-hydrogen) atoms. The van der Waals surface area contributed by atoms with Crippen LogP contribution in [0.25, 0.3) is 0 Å². The first-order valence-electron chi connectivity index (χ1n) is 4.67. The molecule has 1 saturated carbocycles. The lowest BCUT2D eigenvalue weighted by Gasteiger charge is -2.23. The fourth-order valence-electron chi connectivity index (χ4n) is 1.60. The highest BCUT2D eigenvalue weighted by molar-refractivity contribution is 5.77. The van der Waals surface area contributed by atoms with Crippen molar-refractivity contribution in [1.29, 1.82) is 0 Å². The molecular weight excluding hydrogens is 168 g/mol. The van der Waals surface area contributed by atoms with Crippen molar-refractivity contribution < 1.29 is 5.11 Å². The van der Waals surface area contributed by atoms with Crippen LogP contribution in [0.1, 0.15) is 25.7 Å². The Morgan fingerprint density at radius 2 is 2.00 bits per heavy atom. The fourth-order valence-corrected chi connectivity index (χ4v) is 1.60. The van der Waals surface area contributed by atoms with Crippen molar-refractivity contribution in [1.82, 2.24) is 5.43 Å². The Morgan fingerprint density at radius 3 is 2.54 bits per heavy atom. The third-order valence-corrected chi connectivity index (χ3v) is 2.48. The Labute approximate surface area is 78.2 Å². The van der Waals surface area contributed by atoms with Gasteiger partial charge < -0.3 is 10.8 Å². The Hall–Kier alpha value is -0.810. The highest BCUT2D eigenvalue weighted by atomic mass is 16.3. The van der Waals surface area contributed by atoms with E-state index in [9.17, 15) is 5.11 Å².